The molecule has 1 aliphatic heterocycles. The van der Waals surface area contributed by atoms with Crippen molar-refractivity contribution in [3.8, 4) is 0 Å². The third-order valence-electron chi connectivity index (χ3n) is 4.86. The summed E-state index contributed by atoms with van der Waals surface area (Å²) in [5.41, 5.74) is 8.66. The highest BCUT2D eigenvalue weighted by Crippen LogP contribution is 2.28. The van der Waals surface area contributed by atoms with Crippen molar-refractivity contribution in [1.29, 1.82) is 5.41 Å². The summed E-state index contributed by atoms with van der Waals surface area (Å²) in [6, 6.07) is -0.289. The van der Waals surface area contributed by atoms with E-state index in [9.17, 15) is 9.59 Å². The van der Waals surface area contributed by atoms with E-state index in [0.29, 0.717) is 25.8 Å². The molecule has 0 aromatic carbocycles. The molecular weight excluding hydrogens is 290 g/mol. The van der Waals surface area contributed by atoms with Crippen LogP contribution in [-0.2, 0) is 9.59 Å². The van der Waals surface area contributed by atoms with Gasteiger partial charge in [-0.1, -0.05) is 17.2 Å². The van der Waals surface area contributed by atoms with E-state index in [-0.39, 0.29) is 23.6 Å². The second kappa shape index (κ2) is 7.57. The second-order valence-corrected chi connectivity index (χ2v) is 6.63. The van der Waals surface area contributed by atoms with E-state index >= 15 is 0 Å². The van der Waals surface area contributed by atoms with Gasteiger partial charge in [0.2, 0.25) is 5.91 Å². The minimum absolute atomic E-state index is 0.0271. The number of amides is 1. The number of allylic oxidation sites excluding steroid dienone is 3. The zero-order chi connectivity index (χ0) is 17.0. The van der Waals surface area contributed by atoms with E-state index in [2.05, 4.69) is 6.92 Å². The number of nitrogens with one attached hydrogen (secondary N) is 1. The number of nitrogens with two attached hydrogens (primary N) is 1. The molecule has 0 aromatic heterocycles. The number of nitrogens with zero attached hydrogens (tertiary/aromatic N) is 1. The van der Waals surface area contributed by atoms with Crippen LogP contribution in [0, 0.1) is 5.41 Å². The highest BCUT2D eigenvalue weighted by molar-refractivity contribution is 5.98. The first-order valence-electron chi connectivity index (χ1n) is 8.43. The molecule has 126 valence electrons. The maximum atomic E-state index is 12.8. The fourth-order valence-electron chi connectivity index (χ4n) is 3.29. The predicted molar refractivity (Wildman–Crippen MR) is 91.2 cm³/mol. The Labute approximate surface area is 138 Å². The normalized spacial score (nSPS) is 21.4. The van der Waals surface area contributed by atoms with Gasteiger partial charge in [-0.25, -0.2) is 0 Å². The Balaban J connectivity index is 2.01. The van der Waals surface area contributed by atoms with Crippen molar-refractivity contribution >= 4 is 17.5 Å². The fourth-order valence-corrected chi connectivity index (χ4v) is 3.29. The third-order valence-corrected chi connectivity index (χ3v) is 4.86. The van der Waals surface area contributed by atoms with Gasteiger partial charge in [-0.15, -0.1) is 0 Å². The van der Waals surface area contributed by atoms with Gasteiger partial charge in [-0.05, 0) is 46.0 Å². The Morgan fingerprint density at radius 3 is 2.70 bits per heavy atom. The van der Waals surface area contributed by atoms with E-state index < -0.39 is 0 Å². The molecule has 1 atom stereocenters. The summed E-state index contributed by atoms with van der Waals surface area (Å²) in [5.74, 6) is 0.248. The molecule has 2 rings (SSSR count). The quantitative estimate of drug-likeness (QED) is 0.583. The SMILES string of the molecule is CC1=C(C)CCC(C(=O)N2CCCC2C(=O)CCCC(=N)N)=C1. The van der Waals surface area contributed by atoms with Gasteiger partial charge in [0, 0.05) is 25.0 Å². The summed E-state index contributed by atoms with van der Waals surface area (Å²) < 4.78 is 0. The molecule has 1 saturated heterocycles. The Hall–Kier alpha value is -1.91. The molecule has 5 heteroatoms. The summed E-state index contributed by atoms with van der Waals surface area (Å²) in [5, 5.41) is 7.22. The molecule has 0 bridgehead atoms. The van der Waals surface area contributed by atoms with Crippen molar-refractivity contribution in [2.24, 2.45) is 5.73 Å². The minimum atomic E-state index is -0.289. The van der Waals surface area contributed by atoms with Crippen molar-refractivity contribution in [2.75, 3.05) is 6.54 Å². The molecule has 0 radical (unpaired) electrons. The van der Waals surface area contributed by atoms with Crippen LogP contribution < -0.4 is 5.73 Å². The molecule has 1 amide bonds. The highest BCUT2D eigenvalue weighted by Gasteiger charge is 2.34. The maximum Gasteiger partial charge on any atom is 0.250 e. The van der Waals surface area contributed by atoms with E-state index in [4.69, 9.17) is 11.1 Å². The van der Waals surface area contributed by atoms with Crippen LogP contribution in [0.2, 0.25) is 0 Å². The zero-order valence-corrected chi connectivity index (χ0v) is 14.2. The van der Waals surface area contributed by atoms with Crippen molar-refractivity contribution in [3.63, 3.8) is 0 Å². The number of Topliss-reactive ketones (excluding diaryl/α,β-unsaturated/α-hetero) is 1. The topological polar surface area (TPSA) is 87.2 Å². The number of hydrogen-bond acceptors (Lipinski definition) is 3. The number of amidine groups is 1. The standard InChI is InChI=1S/C18H27N3O2/c1-12-8-9-14(11-13(12)2)18(23)21-10-4-5-15(21)16(22)6-3-7-17(19)20/h11,15H,3-10H2,1-2H3,(H3,19,20). The first kappa shape index (κ1) is 17.4. The summed E-state index contributed by atoms with van der Waals surface area (Å²) in [6.45, 7) is 4.81. The van der Waals surface area contributed by atoms with Crippen LogP contribution in [0.15, 0.2) is 22.8 Å². The maximum absolute atomic E-state index is 12.8. The van der Waals surface area contributed by atoms with Gasteiger partial charge in [0.15, 0.2) is 5.78 Å². The van der Waals surface area contributed by atoms with Crippen LogP contribution in [-0.4, -0.2) is 35.0 Å². The monoisotopic (exact) mass is 317 g/mol. The number of ketones is 1. The van der Waals surface area contributed by atoms with E-state index in [1.54, 1.807) is 4.90 Å². The molecule has 1 aliphatic carbocycles. The van der Waals surface area contributed by atoms with Gasteiger partial charge in [0.05, 0.1) is 11.9 Å². The summed E-state index contributed by atoms with van der Waals surface area (Å²) >= 11 is 0. The minimum Gasteiger partial charge on any atom is -0.388 e. The first-order chi connectivity index (χ1) is 10.9. The van der Waals surface area contributed by atoms with E-state index in [0.717, 1.165) is 31.3 Å². The Morgan fingerprint density at radius 2 is 2.04 bits per heavy atom. The van der Waals surface area contributed by atoms with Crippen LogP contribution in [0.4, 0.5) is 0 Å². The molecule has 0 spiro atoms. The molecule has 1 fully saturated rings. The zero-order valence-electron chi connectivity index (χ0n) is 14.2. The van der Waals surface area contributed by atoms with Crippen molar-refractivity contribution in [1.82, 2.24) is 4.90 Å². The average Bonchev–Trinajstić information content (AvgIpc) is 2.98. The summed E-state index contributed by atoms with van der Waals surface area (Å²) in [4.78, 5) is 26.9. The first-order valence-corrected chi connectivity index (χ1v) is 8.43. The highest BCUT2D eigenvalue weighted by atomic mass is 16.2. The van der Waals surface area contributed by atoms with Crippen LogP contribution in [0.5, 0.6) is 0 Å². The Kier molecular flexibility index (Phi) is 5.74. The van der Waals surface area contributed by atoms with Crippen LogP contribution in [0.1, 0.15) is 58.8 Å². The molecule has 0 aromatic rings. The fraction of sp³-hybridized carbons (Fsp3) is 0.611. The lowest BCUT2D eigenvalue weighted by Crippen LogP contribution is -2.41. The molecule has 3 N–H and O–H groups in total. The molecular formula is C18H27N3O2. The van der Waals surface area contributed by atoms with E-state index in [1.165, 1.54) is 11.1 Å². The molecule has 1 heterocycles. The van der Waals surface area contributed by atoms with Crippen molar-refractivity contribution in [3.05, 3.63) is 22.8 Å². The lowest BCUT2D eigenvalue weighted by atomic mass is 9.93. The number of rotatable bonds is 6. The Bertz CT molecular complexity index is 575. The number of hydrogen-bond donors (Lipinski definition) is 2. The molecule has 0 saturated carbocycles. The largest absolute Gasteiger partial charge is 0.388 e. The van der Waals surface area contributed by atoms with Gasteiger partial charge in [-0.3, -0.25) is 15.0 Å². The van der Waals surface area contributed by atoms with Crippen molar-refractivity contribution < 1.29 is 9.59 Å². The van der Waals surface area contributed by atoms with Crippen LogP contribution in [0.3, 0.4) is 0 Å². The summed E-state index contributed by atoms with van der Waals surface area (Å²) in [6.07, 6.45) is 6.75. The van der Waals surface area contributed by atoms with Gasteiger partial charge in [0.1, 0.15) is 0 Å². The second-order valence-electron chi connectivity index (χ2n) is 6.63. The average molecular weight is 317 g/mol. The van der Waals surface area contributed by atoms with Crippen molar-refractivity contribution in [2.45, 2.75) is 64.8 Å². The number of likely N-dealkylation sites (tertiary alicyclic amines) is 1. The van der Waals surface area contributed by atoms with Crippen LogP contribution >= 0.6 is 0 Å². The van der Waals surface area contributed by atoms with Gasteiger partial charge < -0.3 is 10.6 Å². The Morgan fingerprint density at radius 1 is 1.30 bits per heavy atom. The molecule has 2 aliphatic rings. The van der Waals surface area contributed by atoms with E-state index in [1.807, 2.05) is 13.0 Å². The predicted octanol–water partition coefficient (Wildman–Crippen LogP) is 2.71. The van der Waals surface area contributed by atoms with Gasteiger partial charge >= 0.3 is 0 Å². The molecule has 23 heavy (non-hydrogen) atoms. The van der Waals surface area contributed by atoms with Crippen LogP contribution in [0.25, 0.3) is 0 Å². The molecule has 1 unspecified atom stereocenters. The van der Waals surface area contributed by atoms with Gasteiger partial charge in [0.25, 0.3) is 0 Å². The smallest absolute Gasteiger partial charge is 0.250 e. The lowest BCUT2D eigenvalue weighted by molar-refractivity contribution is -0.134. The number of carbonyl (C=O) groups is 2. The van der Waals surface area contributed by atoms with Gasteiger partial charge in [-0.2, -0.15) is 0 Å². The third kappa shape index (κ3) is 4.30. The summed E-state index contributed by atoms with van der Waals surface area (Å²) in [7, 11) is 0. The number of carbonyl (C=O) groups excluding carboxylic acids is 2. The lowest BCUT2D eigenvalue weighted by Gasteiger charge is -2.26. The molecule has 5 nitrogen and oxygen atoms in total.